The van der Waals surface area contributed by atoms with Crippen molar-refractivity contribution in [2.45, 2.75) is 37.7 Å². The number of para-hydroxylation sites is 1. The number of nitrogens with one attached hydrogen (secondary N) is 2. The fourth-order valence-electron chi connectivity index (χ4n) is 4.36. The van der Waals surface area contributed by atoms with Crippen LogP contribution in [0, 0.1) is 5.92 Å². The van der Waals surface area contributed by atoms with E-state index in [1.807, 2.05) is 32.0 Å². The number of ether oxygens (including phenoxy) is 1. The van der Waals surface area contributed by atoms with E-state index in [0.717, 1.165) is 29.4 Å². The third-order valence-electron chi connectivity index (χ3n) is 6.41. The number of carbonyl (C=O) groups is 1. The number of nitrogens with two attached hydrogens (primary N) is 1. The van der Waals surface area contributed by atoms with Gasteiger partial charge in [-0.3, -0.25) is 4.79 Å². The SMILES string of the molecule is CC(C)Oc1cc(N2CCCC(C(N)=O)C2)ccc1Nc1ncc(Cl)c(Nc2ccccc2S(=O)(=O)N(C)C)n1. The van der Waals surface area contributed by atoms with Crippen LogP contribution in [0.25, 0.3) is 0 Å². The van der Waals surface area contributed by atoms with E-state index < -0.39 is 10.0 Å². The van der Waals surface area contributed by atoms with Crippen molar-refractivity contribution in [1.82, 2.24) is 14.3 Å². The van der Waals surface area contributed by atoms with Crippen molar-refractivity contribution in [2.75, 3.05) is 42.7 Å². The van der Waals surface area contributed by atoms with Crippen molar-refractivity contribution < 1.29 is 17.9 Å². The van der Waals surface area contributed by atoms with E-state index in [0.29, 0.717) is 23.7 Å². The molecule has 214 valence electrons. The average Bonchev–Trinajstić information content (AvgIpc) is 2.91. The van der Waals surface area contributed by atoms with Crippen molar-refractivity contribution in [2.24, 2.45) is 11.7 Å². The first-order valence-electron chi connectivity index (χ1n) is 12.9. The molecule has 11 nitrogen and oxygen atoms in total. The minimum atomic E-state index is -3.72. The Morgan fingerprint density at radius 3 is 2.62 bits per heavy atom. The predicted octanol–water partition coefficient (Wildman–Crippen LogP) is 4.36. The fraction of sp³-hybridized carbons (Fsp3) is 0.370. The second kappa shape index (κ2) is 12.3. The van der Waals surface area contributed by atoms with E-state index >= 15 is 0 Å². The number of primary amides is 1. The van der Waals surface area contributed by atoms with Crippen LogP contribution in [0.1, 0.15) is 26.7 Å². The number of hydrogen-bond acceptors (Lipinski definition) is 9. The van der Waals surface area contributed by atoms with E-state index in [-0.39, 0.29) is 39.6 Å². The summed E-state index contributed by atoms with van der Waals surface area (Å²) in [5.41, 5.74) is 7.44. The maximum Gasteiger partial charge on any atom is 0.244 e. The first kappa shape index (κ1) is 29.4. The number of hydrogen-bond donors (Lipinski definition) is 3. The lowest BCUT2D eigenvalue weighted by Crippen LogP contribution is -2.41. The Bertz CT molecular complexity index is 1480. The summed E-state index contributed by atoms with van der Waals surface area (Å²) in [6.45, 7) is 5.24. The lowest BCUT2D eigenvalue weighted by Gasteiger charge is -2.33. The first-order chi connectivity index (χ1) is 19.0. The molecule has 1 saturated heterocycles. The first-order valence-corrected chi connectivity index (χ1v) is 14.7. The van der Waals surface area contributed by atoms with Gasteiger partial charge < -0.3 is 26.0 Å². The zero-order valence-corrected chi connectivity index (χ0v) is 24.5. The third kappa shape index (κ3) is 6.75. The van der Waals surface area contributed by atoms with Gasteiger partial charge in [0, 0.05) is 38.9 Å². The number of benzene rings is 2. The highest BCUT2D eigenvalue weighted by atomic mass is 35.5. The van der Waals surface area contributed by atoms with Crippen LogP contribution < -0.4 is 26.0 Å². The van der Waals surface area contributed by atoms with Gasteiger partial charge in [-0.05, 0) is 51.0 Å². The summed E-state index contributed by atoms with van der Waals surface area (Å²) in [5.74, 6) is 0.576. The van der Waals surface area contributed by atoms with Crippen molar-refractivity contribution in [3.63, 3.8) is 0 Å². The van der Waals surface area contributed by atoms with Gasteiger partial charge in [0.2, 0.25) is 21.9 Å². The molecule has 2 aromatic carbocycles. The number of amides is 1. The molecule has 13 heteroatoms. The Morgan fingerprint density at radius 1 is 1.18 bits per heavy atom. The Hall–Kier alpha value is -3.61. The molecule has 40 heavy (non-hydrogen) atoms. The molecule has 1 aliphatic heterocycles. The van der Waals surface area contributed by atoms with Crippen LogP contribution in [-0.2, 0) is 14.8 Å². The summed E-state index contributed by atoms with van der Waals surface area (Å²) in [5, 5.41) is 6.44. The molecule has 0 saturated carbocycles. The highest BCUT2D eigenvalue weighted by Gasteiger charge is 2.25. The van der Waals surface area contributed by atoms with Crippen LogP contribution >= 0.6 is 11.6 Å². The normalized spacial score (nSPS) is 15.8. The smallest absolute Gasteiger partial charge is 0.244 e. The molecule has 3 aromatic rings. The van der Waals surface area contributed by atoms with E-state index in [1.165, 1.54) is 26.4 Å². The molecular weight excluding hydrogens is 554 g/mol. The lowest BCUT2D eigenvalue weighted by atomic mass is 9.97. The number of anilines is 5. The van der Waals surface area contributed by atoms with Crippen LogP contribution in [0.3, 0.4) is 0 Å². The summed E-state index contributed by atoms with van der Waals surface area (Å²) < 4.78 is 32.9. The zero-order valence-electron chi connectivity index (χ0n) is 22.9. The number of piperidine rings is 1. The predicted molar refractivity (Wildman–Crippen MR) is 157 cm³/mol. The van der Waals surface area contributed by atoms with Gasteiger partial charge in [0.15, 0.2) is 5.82 Å². The summed E-state index contributed by atoms with van der Waals surface area (Å²) in [4.78, 5) is 22.8. The number of halogens is 1. The maximum absolute atomic E-state index is 12.8. The minimum absolute atomic E-state index is 0.0867. The molecule has 1 aromatic heterocycles. The number of aromatic nitrogens is 2. The molecule has 0 spiro atoms. The minimum Gasteiger partial charge on any atom is -0.489 e. The van der Waals surface area contributed by atoms with Gasteiger partial charge in [-0.1, -0.05) is 23.7 Å². The van der Waals surface area contributed by atoms with Crippen LogP contribution in [0.4, 0.5) is 28.8 Å². The molecule has 0 radical (unpaired) electrons. The van der Waals surface area contributed by atoms with Crippen LogP contribution in [0.5, 0.6) is 5.75 Å². The molecule has 0 aliphatic carbocycles. The highest BCUT2D eigenvalue weighted by molar-refractivity contribution is 7.89. The van der Waals surface area contributed by atoms with Crippen LogP contribution in [0.2, 0.25) is 5.02 Å². The highest BCUT2D eigenvalue weighted by Crippen LogP contribution is 2.35. The van der Waals surface area contributed by atoms with E-state index in [9.17, 15) is 13.2 Å². The van der Waals surface area contributed by atoms with Crippen molar-refractivity contribution in [3.8, 4) is 5.75 Å². The number of carbonyl (C=O) groups excluding carboxylic acids is 1. The molecule has 1 atom stereocenters. The zero-order chi connectivity index (χ0) is 29.0. The monoisotopic (exact) mass is 587 g/mol. The average molecular weight is 588 g/mol. The van der Waals surface area contributed by atoms with Crippen LogP contribution in [0.15, 0.2) is 53.6 Å². The molecule has 1 aliphatic rings. The Morgan fingerprint density at radius 2 is 1.93 bits per heavy atom. The van der Waals surface area contributed by atoms with Gasteiger partial charge in [-0.2, -0.15) is 4.98 Å². The molecule has 2 heterocycles. The molecule has 4 N–H and O–H groups in total. The van der Waals surface area contributed by atoms with Crippen molar-refractivity contribution in [3.05, 3.63) is 53.7 Å². The molecule has 1 unspecified atom stereocenters. The lowest BCUT2D eigenvalue weighted by molar-refractivity contribution is -0.122. The maximum atomic E-state index is 12.8. The van der Waals surface area contributed by atoms with Gasteiger partial charge in [-0.25, -0.2) is 17.7 Å². The number of rotatable bonds is 10. The molecule has 0 bridgehead atoms. The summed E-state index contributed by atoms with van der Waals surface area (Å²) in [6, 6.07) is 12.2. The van der Waals surface area contributed by atoms with Gasteiger partial charge in [-0.15, -0.1) is 0 Å². The van der Waals surface area contributed by atoms with Gasteiger partial charge in [0.1, 0.15) is 15.7 Å². The fourth-order valence-corrected chi connectivity index (χ4v) is 5.54. The second-order valence-corrected chi connectivity index (χ2v) is 12.5. The van der Waals surface area contributed by atoms with Gasteiger partial charge in [0.25, 0.3) is 0 Å². The number of sulfonamides is 1. The quantitative estimate of drug-likeness (QED) is 0.315. The Labute approximate surface area is 239 Å². The molecule has 1 fully saturated rings. The second-order valence-electron chi connectivity index (χ2n) is 9.96. The topological polar surface area (TPSA) is 143 Å². The van der Waals surface area contributed by atoms with Crippen molar-refractivity contribution >= 4 is 56.4 Å². The Balaban J connectivity index is 1.62. The van der Waals surface area contributed by atoms with Gasteiger partial charge in [0.05, 0.1) is 29.6 Å². The van der Waals surface area contributed by atoms with Crippen LogP contribution in [-0.4, -0.2) is 61.9 Å². The Kier molecular flexibility index (Phi) is 9.02. The standard InChI is InChI=1S/C27H34ClN7O4S/c1-17(2)39-23-14-19(35-13-7-8-18(16-35)25(29)36)11-12-21(23)32-27-30-15-20(28)26(33-27)31-22-9-5-6-10-24(22)40(37,38)34(3)4/h5-6,9-12,14-15,17-18H,7-8,13,16H2,1-4H3,(H2,29,36)(H2,30,31,32,33). The van der Waals surface area contributed by atoms with E-state index in [2.05, 4.69) is 25.5 Å². The summed E-state index contributed by atoms with van der Waals surface area (Å²) in [7, 11) is -0.781. The van der Waals surface area contributed by atoms with Crippen molar-refractivity contribution in [1.29, 1.82) is 0 Å². The third-order valence-corrected chi connectivity index (χ3v) is 8.56. The molecular formula is C27H34ClN7O4S. The van der Waals surface area contributed by atoms with E-state index in [4.69, 9.17) is 22.1 Å². The largest absolute Gasteiger partial charge is 0.489 e. The summed E-state index contributed by atoms with van der Waals surface area (Å²) >= 11 is 6.38. The van der Waals surface area contributed by atoms with Gasteiger partial charge >= 0.3 is 0 Å². The summed E-state index contributed by atoms with van der Waals surface area (Å²) in [6.07, 6.45) is 2.99. The molecule has 1 amide bonds. The number of nitrogens with zero attached hydrogens (tertiary/aromatic N) is 4. The molecule has 4 rings (SSSR count). The van der Waals surface area contributed by atoms with E-state index in [1.54, 1.807) is 18.2 Å².